The Kier molecular flexibility index (Phi) is 9.15. The van der Waals surface area contributed by atoms with Crippen molar-refractivity contribution in [2.75, 3.05) is 26.3 Å². The number of alkyl halides is 1. The third kappa shape index (κ3) is 6.81. The zero-order valence-corrected chi connectivity index (χ0v) is 25.9. The molecule has 2 N–H and O–H groups in total. The molecule has 0 spiro atoms. The van der Waals surface area contributed by atoms with Gasteiger partial charge in [-0.05, 0) is 30.0 Å². The molecule has 0 unspecified atom stereocenters. The largest absolute Gasteiger partial charge is 0.445 e. The van der Waals surface area contributed by atoms with E-state index in [1.807, 2.05) is 30.3 Å². The smallest absolute Gasteiger partial charge is 0.407 e. The van der Waals surface area contributed by atoms with E-state index in [-0.39, 0.29) is 30.8 Å². The number of carbonyl (C=O) groups is 1. The molecule has 0 radical (unpaired) electrons. The van der Waals surface area contributed by atoms with Crippen LogP contribution in [0.4, 0.5) is 9.18 Å². The topological polar surface area (TPSA) is 141 Å². The average molecular weight is 650 g/mol. The number of hydrogen-bond donors (Lipinski definition) is 2. The molecule has 0 aliphatic carbocycles. The maximum atomic E-state index is 13.5. The van der Waals surface area contributed by atoms with Crippen molar-refractivity contribution in [2.45, 2.75) is 38.1 Å². The molecule has 1 aliphatic rings. The first-order chi connectivity index (χ1) is 22.2. The summed E-state index contributed by atoms with van der Waals surface area (Å²) in [5.41, 5.74) is 3.27. The highest BCUT2D eigenvalue weighted by Crippen LogP contribution is 2.30. The molecular formula is C32H33ClFN7O5. The average Bonchev–Trinajstić information content (AvgIpc) is 3.71. The van der Waals surface area contributed by atoms with Gasteiger partial charge in [-0.3, -0.25) is 18.9 Å². The zero-order valence-electron chi connectivity index (χ0n) is 25.2. The molecule has 1 saturated heterocycles. The number of alkyl carbamates (subject to hydrolysis) is 1. The van der Waals surface area contributed by atoms with E-state index in [1.54, 1.807) is 30.1 Å². The van der Waals surface area contributed by atoms with Crippen LogP contribution < -0.4 is 10.9 Å². The summed E-state index contributed by atoms with van der Waals surface area (Å²) in [5.74, 6) is 0.651. The number of hydrogen-bond acceptors (Lipinski definition) is 9. The number of aliphatic hydroxyl groups is 1. The minimum absolute atomic E-state index is 0.0274. The van der Waals surface area contributed by atoms with Crippen molar-refractivity contribution < 1.29 is 23.4 Å². The van der Waals surface area contributed by atoms with Crippen LogP contribution in [0, 0.1) is 0 Å². The molecule has 1 fully saturated rings. The molecule has 0 bridgehead atoms. The number of oxazole rings is 1. The molecule has 2 aromatic carbocycles. The highest BCUT2D eigenvalue weighted by atomic mass is 35.5. The van der Waals surface area contributed by atoms with E-state index in [0.29, 0.717) is 54.5 Å². The maximum absolute atomic E-state index is 13.5. The lowest BCUT2D eigenvalue weighted by molar-refractivity contribution is -0.0364. The number of nitrogens with zero attached hydrogens (tertiary/aromatic N) is 6. The van der Waals surface area contributed by atoms with E-state index in [2.05, 4.69) is 25.3 Å². The van der Waals surface area contributed by atoms with E-state index >= 15 is 0 Å². The van der Waals surface area contributed by atoms with E-state index < -0.39 is 18.4 Å². The molecule has 46 heavy (non-hydrogen) atoms. The van der Waals surface area contributed by atoms with Gasteiger partial charge in [-0.25, -0.2) is 19.2 Å². The fraction of sp³-hybridized carbons (Fsp3) is 0.344. The Bertz CT molecular complexity index is 1880. The van der Waals surface area contributed by atoms with E-state index in [1.165, 1.54) is 17.3 Å². The van der Waals surface area contributed by atoms with Crippen LogP contribution in [0.3, 0.4) is 0 Å². The summed E-state index contributed by atoms with van der Waals surface area (Å²) in [4.78, 5) is 35.8. The Labute approximate surface area is 268 Å². The molecule has 5 aromatic rings. The van der Waals surface area contributed by atoms with E-state index in [4.69, 9.17) is 20.8 Å². The molecule has 240 valence electrons. The first-order valence-electron chi connectivity index (χ1n) is 14.8. The van der Waals surface area contributed by atoms with Gasteiger partial charge in [-0.2, -0.15) is 5.10 Å². The second-order valence-electron chi connectivity index (χ2n) is 11.4. The van der Waals surface area contributed by atoms with Crippen LogP contribution in [-0.2, 0) is 31.5 Å². The van der Waals surface area contributed by atoms with Gasteiger partial charge in [-0.1, -0.05) is 48.0 Å². The number of amides is 1. The molecule has 6 rings (SSSR count). The molecule has 3 aromatic heterocycles. The number of likely N-dealkylation sites (tertiary alicyclic amines) is 1. The van der Waals surface area contributed by atoms with Crippen molar-refractivity contribution in [2.24, 2.45) is 7.05 Å². The standard InChI is InChI=1S/C32H33ClFN7O5/c1-39-29(22-4-2-21(3-5-22)17-45-31(43)36-11-10-34)27-28(38-39)30(42)41(19-37-27)18-32(44)8-12-40(13-9-32)16-24-7-6-23(14-25(24)33)26-15-35-20-46-26/h2-7,14-15,19-20,44H,8-13,16-18H2,1H3,(H,36,43). The lowest BCUT2D eigenvalue weighted by atomic mass is 9.91. The summed E-state index contributed by atoms with van der Waals surface area (Å²) in [6, 6.07) is 13.0. The highest BCUT2D eigenvalue weighted by Gasteiger charge is 2.33. The quantitative estimate of drug-likeness (QED) is 0.226. The van der Waals surface area contributed by atoms with Crippen molar-refractivity contribution in [1.82, 2.24) is 34.5 Å². The second kappa shape index (κ2) is 13.4. The molecule has 1 amide bonds. The first-order valence-corrected chi connectivity index (χ1v) is 15.2. The normalized spacial score (nSPS) is 14.9. The van der Waals surface area contributed by atoms with E-state index in [0.717, 1.165) is 22.3 Å². The predicted octanol–water partition coefficient (Wildman–Crippen LogP) is 4.33. The van der Waals surface area contributed by atoms with Gasteiger partial charge in [0.2, 0.25) is 0 Å². The van der Waals surface area contributed by atoms with Crippen LogP contribution in [0.2, 0.25) is 5.02 Å². The lowest BCUT2D eigenvalue weighted by Crippen LogP contribution is -2.47. The summed E-state index contributed by atoms with van der Waals surface area (Å²) >= 11 is 6.57. The summed E-state index contributed by atoms with van der Waals surface area (Å²) < 4.78 is 25.7. The second-order valence-corrected chi connectivity index (χ2v) is 11.8. The van der Waals surface area contributed by atoms with Crippen molar-refractivity contribution in [3.63, 3.8) is 0 Å². The summed E-state index contributed by atoms with van der Waals surface area (Å²) in [6.07, 6.45) is 4.76. The highest BCUT2D eigenvalue weighted by molar-refractivity contribution is 6.31. The molecule has 0 atom stereocenters. The number of aryl methyl sites for hydroxylation is 1. The van der Waals surface area contributed by atoms with Crippen LogP contribution in [0.25, 0.3) is 33.6 Å². The monoisotopic (exact) mass is 649 g/mol. The number of benzene rings is 2. The van der Waals surface area contributed by atoms with Gasteiger partial charge >= 0.3 is 6.09 Å². The Hall–Kier alpha value is -4.59. The summed E-state index contributed by atoms with van der Waals surface area (Å²) in [6.45, 7) is 1.28. The summed E-state index contributed by atoms with van der Waals surface area (Å²) in [7, 11) is 1.74. The van der Waals surface area contributed by atoms with E-state index in [9.17, 15) is 19.1 Å². The van der Waals surface area contributed by atoms with Gasteiger partial charge in [0.25, 0.3) is 5.56 Å². The molecule has 12 nitrogen and oxygen atoms in total. The fourth-order valence-electron chi connectivity index (χ4n) is 5.67. The van der Waals surface area contributed by atoms with Crippen LogP contribution in [0.1, 0.15) is 24.0 Å². The summed E-state index contributed by atoms with van der Waals surface area (Å²) in [5, 5.41) is 18.9. The van der Waals surface area contributed by atoms with Crippen LogP contribution in [0.15, 0.2) is 70.6 Å². The Morgan fingerprint density at radius 2 is 1.91 bits per heavy atom. The number of aromatic nitrogens is 5. The van der Waals surface area contributed by atoms with Crippen molar-refractivity contribution >= 4 is 28.7 Å². The number of fused-ring (bicyclic) bond motifs is 1. The van der Waals surface area contributed by atoms with Gasteiger partial charge in [0.15, 0.2) is 17.7 Å². The SMILES string of the molecule is Cn1nc2c(=O)n(CC3(O)CCN(Cc4ccc(-c5cnco5)cc4Cl)CC3)cnc2c1-c1ccc(COC(=O)NCCF)cc1. The fourth-order valence-corrected chi connectivity index (χ4v) is 5.91. The van der Waals surface area contributed by atoms with Gasteiger partial charge in [0, 0.05) is 49.4 Å². The Balaban J connectivity index is 1.10. The molecule has 1 aliphatic heterocycles. The maximum Gasteiger partial charge on any atom is 0.407 e. The van der Waals surface area contributed by atoms with Crippen LogP contribution in [0.5, 0.6) is 0 Å². The minimum Gasteiger partial charge on any atom is -0.445 e. The third-order valence-electron chi connectivity index (χ3n) is 8.19. The van der Waals surface area contributed by atoms with Crippen molar-refractivity contribution in [3.8, 4) is 22.6 Å². The number of halogens is 2. The zero-order chi connectivity index (χ0) is 32.3. The first kappa shape index (κ1) is 31.4. The number of nitrogens with one attached hydrogen (secondary N) is 1. The lowest BCUT2D eigenvalue weighted by Gasteiger charge is -2.38. The predicted molar refractivity (Wildman–Crippen MR) is 169 cm³/mol. The molecule has 4 heterocycles. The van der Waals surface area contributed by atoms with Crippen LogP contribution in [-0.4, -0.2) is 72.3 Å². The molecule has 0 saturated carbocycles. The Morgan fingerprint density at radius 3 is 2.61 bits per heavy atom. The number of ether oxygens (including phenoxy) is 1. The van der Waals surface area contributed by atoms with Crippen LogP contribution >= 0.6 is 11.6 Å². The Morgan fingerprint density at radius 1 is 1.15 bits per heavy atom. The third-order valence-corrected chi connectivity index (χ3v) is 8.54. The number of piperidine rings is 1. The van der Waals surface area contributed by atoms with Gasteiger partial charge in [0.05, 0.1) is 30.4 Å². The van der Waals surface area contributed by atoms with Gasteiger partial charge in [-0.15, -0.1) is 0 Å². The van der Waals surface area contributed by atoms with Crippen molar-refractivity contribution in [3.05, 3.63) is 87.9 Å². The van der Waals surface area contributed by atoms with Gasteiger partial charge in [0.1, 0.15) is 18.8 Å². The number of carbonyl (C=O) groups excluding carboxylic acids is 1. The van der Waals surface area contributed by atoms with Gasteiger partial charge < -0.3 is 19.6 Å². The van der Waals surface area contributed by atoms with Crippen molar-refractivity contribution in [1.29, 1.82) is 0 Å². The number of rotatable bonds is 10. The molecular weight excluding hydrogens is 617 g/mol. The molecule has 14 heteroatoms. The minimum atomic E-state index is -1.08.